The van der Waals surface area contributed by atoms with Crippen molar-refractivity contribution >= 4 is 5.97 Å². The summed E-state index contributed by atoms with van der Waals surface area (Å²) < 4.78 is 43.6. The first kappa shape index (κ1) is 15.0. The summed E-state index contributed by atoms with van der Waals surface area (Å²) in [6.07, 6.45) is -3.10. The molecule has 0 aliphatic carbocycles. The fourth-order valence-electron chi connectivity index (χ4n) is 1.72. The zero-order valence-corrected chi connectivity index (χ0v) is 11.1. The molecule has 8 heteroatoms. The second kappa shape index (κ2) is 5.94. The molecular formula is C13H12F3N3O2. The zero-order valence-electron chi connectivity index (χ0n) is 11.1. The van der Waals surface area contributed by atoms with Crippen molar-refractivity contribution in [3.8, 4) is 5.82 Å². The number of hydrogen-bond acceptors (Lipinski definition) is 4. The van der Waals surface area contributed by atoms with Gasteiger partial charge in [0.2, 0.25) is 0 Å². The maximum Gasteiger partial charge on any atom is 0.394 e. The van der Waals surface area contributed by atoms with Crippen LogP contribution < -0.4 is 0 Å². The summed E-state index contributed by atoms with van der Waals surface area (Å²) >= 11 is 0. The predicted molar refractivity (Wildman–Crippen MR) is 67.1 cm³/mol. The zero-order chi connectivity index (χ0) is 15.5. The third kappa shape index (κ3) is 3.80. The highest BCUT2D eigenvalue weighted by Crippen LogP contribution is 2.23. The first-order chi connectivity index (χ1) is 9.90. The fourth-order valence-corrected chi connectivity index (χ4v) is 1.72. The van der Waals surface area contributed by atoms with Gasteiger partial charge in [-0.1, -0.05) is 6.07 Å². The summed E-state index contributed by atoms with van der Waals surface area (Å²) in [5.41, 5.74) is -0.591. The van der Waals surface area contributed by atoms with Crippen molar-refractivity contribution in [2.75, 3.05) is 6.61 Å². The lowest BCUT2D eigenvalue weighted by Gasteiger charge is -2.05. The fraction of sp³-hybridized carbons (Fsp3) is 0.308. The van der Waals surface area contributed by atoms with Gasteiger partial charge in [-0.25, -0.2) is 14.5 Å². The number of halogens is 3. The number of carbonyl (C=O) groups is 1. The Kier molecular flexibility index (Phi) is 4.25. The molecule has 0 spiro atoms. The van der Waals surface area contributed by atoms with Crippen molar-refractivity contribution in [2.24, 2.45) is 0 Å². The van der Waals surface area contributed by atoms with E-state index in [-0.39, 0.29) is 17.9 Å². The monoisotopic (exact) mass is 299 g/mol. The molecule has 2 rings (SSSR count). The molecule has 0 aliphatic heterocycles. The summed E-state index contributed by atoms with van der Waals surface area (Å²) in [4.78, 5) is 15.7. The first-order valence-electron chi connectivity index (χ1n) is 6.14. The minimum absolute atomic E-state index is 0.0685. The molecule has 0 unspecified atom stereocenters. The lowest BCUT2D eigenvalue weighted by atomic mass is 10.2. The van der Waals surface area contributed by atoms with E-state index in [1.54, 1.807) is 25.1 Å². The van der Waals surface area contributed by atoms with E-state index in [4.69, 9.17) is 4.74 Å². The summed E-state index contributed by atoms with van der Waals surface area (Å²) in [5.74, 6) is -0.518. The van der Waals surface area contributed by atoms with E-state index in [1.165, 1.54) is 12.4 Å². The molecule has 21 heavy (non-hydrogen) atoms. The van der Waals surface area contributed by atoms with Crippen molar-refractivity contribution in [3.63, 3.8) is 0 Å². The number of ether oxygens (including phenoxy) is 1. The van der Waals surface area contributed by atoms with Gasteiger partial charge < -0.3 is 4.74 Å². The molecule has 0 amide bonds. The molecule has 0 aromatic carbocycles. The standard InChI is InChI=1S/C13H12F3N3O2/c1-2-21-12(20)9-8-19(11-5-3-4-6-17-11)18-10(9)7-13(14,15)16/h3-6,8H,2,7H2,1H3. The Balaban J connectivity index is 2.42. The normalized spacial score (nSPS) is 11.4. The van der Waals surface area contributed by atoms with Gasteiger partial charge in [0, 0.05) is 12.4 Å². The van der Waals surface area contributed by atoms with Crippen LogP contribution in [0.1, 0.15) is 23.0 Å². The average molecular weight is 299 g/mol. The Morgan fingerprint density at radius 3 is 2.71 bits per heavy atom. The van der Waals surface area contributed by atoms with Crippen LogP contribution in [0.5, 0.6) is 0 Å². The Labute approximate surface area is 118 Å². The Bertz CT molecular complexity index is 623. The maximum atomic E-state index is 12.6. The van der Waals surface area contributed by atoms with Gasteiger partial charge >= 0.3 is 12.1 Å². The molecule has 0 radical (unpaired) electrons. The molecule has 0 N–H and O–H groups in total. The lowest BCUT2D eigenvalue weighted by Crippen LogP contribution is -2.15. The van der Waals surface area contributed by atoms with Gasteiger partial charge in [0.25, 0.3) is 0 Å². The van der Waals surface area contributed by atoms with E-state index in [0.29, 0.717) is 5.82 Å². The molecule has 0 saturated heterocycles. The van der Waals surface area contributed by atoms with Gasteiger partial charge in [-0.15, -0.1) is 0 Å². The number of alkyl halides is 3. The van der Waals surface area contributed by atoms with E-state index < -0.39 is 18.6 Å². The number of carbonyl (C=O) groups excluding carboxylic acids is 1. The minimum Gasteiger partial charge on any atom is -0.462 e. The van der Waals surface area contributed by atoms with Crippen LogP contribution in [0.4, 0.5) is 13.2 Å². The van der Waals surface area contributed by atoms with Gasteiger partial charge in [0.15, 0.2) is 5.82 Å². The number of esters is 1. The third-order valence-electron chi connectivity index (χ3n) is 2.54. The van der Waals surface area contributed by atoms with Gasteiger partial charge in [-0.05, 0) is 19.1 Å². The van der Waals surface area contributed by atoms with Crippen LogP contribution in [-0.2, 0) is 11.2 Å². The van der Waals surface area contributed by atoms with Crippen LogP contribution in [-0.4, -0.2) is 33.5 Å². The minimum atomic E-state index is -4.47. The molecule has 0 bridgehead atoms. The predicted octanol–water partition coefficient (Wildman–Crippen LogP) is 2.55. The van der Waals surface area contributed by atoms with Crippen molar-refractivity contribution in [2.45, 2.75) is 19.5 Å². The molecule has 2 aromatic heterocycles. The largest absolute Gasteiger partial charge is 0.462 e. The Morgan fingerprint density at radius 2 is 2.14 bits per heavy atom. The molecule has 5 nitrogen and oxygen atoms in total. The van der Waals surface area contributed by atoms with E-state index in [0.717, 1.165) is 4.68 Å². The van der Waals surface area contributed by atoms with Crippen LogP contribution in [0.15, 0.2) is 30.6 Å². The van der Waals surface area contributed by atoms with Crippen LogP contribution in [0.3, 0.4) is 0 Å². The summed E-state index contributed by atoms with van der Waals surface area (Å²) in [6.45, 7) is 1.64. The smallest absolute Gasteiger partial charge is 0.394 e. The topological polar surface area (TPSA) is 57.0 Å². The van der Waals surface area contributed by atoms with E-state index in [2.05, 4.69) is 10.1 Å². The number of rotatable bonds is 4. The molecule has 0 atom stereocenters. The SMILES string of the molecule is CCOC(=O)c1cn(-c2ccccn2)nc1CC(F)(F)F. The van der Waals surface area contributed by atoms with Gasteiger partial charge in [0.05, 0.1) is 18.7 Å². The van der Waals surface area contributed by atoms with Gasteiger partial charge in [-0.3, -0.25) is 0 Å². The van der Waals surface area contributed by atoms with E-state index >= 15 is 0 Å². The second-order valence-electron chi connectivity index (χ2n) is 4.13. The number of nitrogens with zero attached hydrogens (tertiary/aromatic N) is 3. The Hall–Kier alpha value is -2.38. The van der Waals surface area contributed by atoms with Gasteiger partial charge in [0.1, 0.15) is 5.56 Å². The van der Waals surface area contributed by atoms with E-state index in [9.17, 15) is 18.0 Å². The first-order valence-corrected chi connectivity index (χ1v) is 6.14. The highest BCUT2D eigenvalue weighted by molar-refractivity contribution is 5.90. The Morgan fingerprint density at radius 1 is 1.38 bits per heavy atom. The highest BCUT2D eigenvalue weighted by atomic mass is 19.4. The molecule has 0 saturated carbocycles. The third-order valence-corrected chi connectivity index (χ3v) is 2.54. The van der Waals surface area contributed by atoms with E-state index in [1.807, 2.05) is 0 Å². The maximum absolute atomic E-state index is 12.6. The summed E-state index contributed by atoms with van der Waals surface area (Å²) in [6, 6.07) is 4.90. The molecule has 0 aliphatic rings. The molecule has 0 fully saturated rings. The number of pyridine rings is 1. The molecule has 112 valence electrons. The average Bonchev–Trinajstić information content (AvgIpc) is 2.82. The van der Waals surface area contributed by atoms with Crippen LogP contribution in [0.25, 0.3) is 5.82 Å². The summed E-state index contributed by atoms with van der Waals surface area (Å²) in [5, 5.41) is 3.80. The number of aromatic nitrogens is 3. The molecule has 2 heterocycles. The summed E-state index contributed by atoms with van der Waals surface area (Å²) in [7, 11) is 0. The van der Waals surface area contributed by atoms with Crippen molar-refractivity contribution in [1.82, 2.24) is 14.8 Å². The van der Waals surface area contributed by atoms with Crippen molar-refractivity contribution in [3.05, 3.63) is 41.9 Å². The van der Waals surface area contributed by atoms with Gasteiger partial charge in [-0.2, -0.15) is 18.3 Å². The highest BCUT2D eigenvalue weighted by Gasteiger charge is 2.32. The van der Waals surface area contributed by atoms with Crippen LogP contribution in [0.2, 0.25) is 0 Å². The molecular weight excluding hydrogens is 287 g/mol. The molecule has 2 aromatic rings. The van der Waals surface area contributed by atoms with Crippen molar-refractivity contribution < 1.29 is 22.7 Å². The second-order valence-corrected chi connectivity index (χ2v) is 4.13. The van der Waals surface area contributed by atoms with Crippen LogP contribution in [0, 0.1) is 0 Å². The lowest BCUT2D eigenvalue weighted by molar-refractivity contribution is -0.127. The quantitative estimate of drug-likeness (QED) is 0.814. The number of hydrogen-bond donors (Lipinski definition) is 0. The van der Waals surface area contributed by atoms with Crippen LogP contribution >= 0.6 is 0 Å². The van der Waals surface area contributed by atoms with Crippen molar-refractivity contribution in [1.29, 1.82) is 0 Å².